The predicted octanol–water partition coefficient (Wildman–Crippen LogP) is 3.88. The van der Waals surface area contributed by atoms with E-state index in [0.29, 0.717) is 5.92 Å². The monoisotopic (exact) mass is 318 g/mol. The summed E-state index contributed by atoms with van der Waals surface area (Å²) < 4.78 is 13.1. The Balaban J connectivity index is 1.70. The lowest BCUT2D eigenvalue weighted by Crippen LogP contribution is -2.47. The van der Waals surface area contributed by atoms with Gasteiger partial charge < -0.3 is 10.6 Å². The van der Waals surface area contributed by atoms with Gasteiger partial charge in [-0.3, -0.25) is 0 Å². The fraction of sp³-hybridized carbons (Fsp3) is 0.333. The third kappa shape index (κ3) is 3.79. The summed E-state index contributed by atoms with van der Waals surface area (Å²) in [6.45, 7) is 1.77. The lowest BCUT2D eigenvalue weighted by atomic mass is 9.89. The molecule has 1 aliphatic rings. The number of hydrogen-bond donors (Lipinski definition) is 1. The molecule has 22 heavy (non-hydrogen) atoms. The van der Waals surface area contributed by atoms with Crippen LogP contribution in [0.15, 0.2) is 48.5 Å². The smallest absolute Gasteiger partial charge is 0.123 e. The lowest BCUT2D eigenvalue weighted by molar-refractivity contribution is 0.374. The molecule has 116 valence electrons. The minimum absolute atomic E-state index is 0.149. The Labute approximate surface area is 135 Å². The first-order valence-corrected chi connectivity index (χ1v) is 7.98. The fourth-order valence-electron chi connectivity index (χ4n) is 3.21. The number of piperidine rings is 1. The highest BCUT2D eigenvalue weighted by atomic mass is 35.5. The van der Waals surface area contributed by atoms with E-state index in [9.17, 15) is 4.39 Å². The Hall–Kier alpha value is -1.58. The van der Waals surface area contributed by atoms with Crippen LogP contribution in [-0.2, 0) is 6.42 Å². The summed E-state index contributed by atoms with van der Waals surface area (Å²) in [6.07, 6.45) is 2.00. The van der Waals surface area contributed by atoms with Crippen molar-refractivity contribution in [2.75, 3.05) is 18.0 Å². The van der Waals surface area contributed by atoms with Gasteiger partial charge in [0.25, 0.3) is 0 Å². The van der Waals surface area contributed by atoms with Crippen LogP contribution in [0.3, 0.4) is 0 Å². The van der Waals surface area contributed by atoms with Crippen LogP contribution in [0.25, 0.3) is 0 Å². The molecule has 1 aliphatic heterocycles. The van der Waals surface area contributed by atoms with Crippen molar-refractivity contribution in [1.29, 1.82) is 0 Å². The van der Waals surface area contributed by atoms with Crippen molar-refractivity contribution in [1.82, 2.24) is 0 Å². The minimum atomic E-state index is -0.206. The predicted molar refractivity (Wildman–Crippen MR) is 89.9 cm³/mol. The van der Waals surface area contributed by atoms with Crippen molar-refractivity contribution in [3.05, 3.63) is 64.9 Å². The van der Waals surface area contributed by atoms with Crippen LogP contribution < -0.4 is 10.6 Å². The van der Waals surface area contributed by atoms with Gasteiger partial charge >= 0.3 is 0 Å². The van der Waals surface area contributed by atoms with Gasteiger partial charge in [-0.25, -0.2) is 4.39 Å². The second-order valence-electron chi connectivity index (χ2n) is 6.07. The van der Waals surface area contributed by atoms with Crippen molar-refractivity contribution in [3.63, 3.8) is 0 Å². The molecule has 3 rings (SSSR count). The van der Waals surface area contributed by atoms with E-state index in [1.165, 1.54) is 17.7 Å². The van der Waals surface area contributed by atoms with Crippen molar-refractivity contribution in [2.45, 2.75) is 18.9 Å². The third-order valence-electron chi connectivity index (χ3n) is 4.20. The number of rotatable bonds is 3. The van der Waals surface area contributed by atoms with Gasteiger partial charge in [0.05, 0.1) is 0 Å². The Morgan fingerprint density at radius 2 is 1.73 bits per heavy atom. The standard InChI is InChI=1S/C18H20ClFN2/c19-15-3-1-13(2-4-15)9-14-10-17(21)12-22(11-14)18-7-5-16(20)6-8-18/h1-8,14,17H,9-12,21H2. The van der Waals surface area contributed by atoms with Crippen LogP contribution in [0.2, 0.25) is 5.02 Å². The summed E-state index contributed by atoms with van der Waals surface area (Å²) in [5, 5.41) is 0.761. The number of benzene rings is 2. The van der Waals surface area contributed by atoms with Crippen molar-refractivity contribution in [2.24, 2.45) is 11.7 Å². The summed E-state index contributed by atoms with van der Waals surface area (Å²) in [5.41, 5.74) is 8.54. The molecular weight excluding hydrogens is 299 g/mol. The minimum Gasteiger partial charge on any atom is -0.370 e. The summed E-state index contributed by atoms with van der Waals surface area (Å²) in [5.74, 6) is 0.290. The molecule has 0 bridgehead atoms. The van der Waals surface area contributed by atoms with Crippen molar-refractivity contribution < 1.29 is 4.39 Å². The molecule has 2 unspecified atom stereocenters. The maximum Gasteiger partial charge on any atom is 0.123 e. The second kappa shape index (κ2) is 6.67. The average Bonchev–Trinajstić information content (AvgIpc) is 2.50. The summed E-state index contributed by atoms with van der Waals surface area (Å²) in [7, 11) is 0. The molecule has 0 saturated carbocycles. The molecular formula is C18H20ClFN2. The second-order valence-corrected chi connectivity index (χ2v) is 6.51. The largest absolute Gasteiger partial charge is 0.370 e. The fourth-order valence-corrected chi connectivity index (χ4v) is 3.34. The van der Waals surface area contributed by atoms with Crippen LogP contribution in [0, 0.1) is 11.7 Å². The Morgan fingerprint density at radius 3 is 2.41 bits per heavy atom. The van der Waals surface area contributed by atoms with E-state index in [1.54, 1.807) is 0 Å². The van der Waals surface area contributed by atoms with E-state index >= 15 is 0 Å². The van der Waals surface area contributed by atoms with Crippen molar-refractivity contribution >= 4 is 17.3 Å². The molecule has 0 amide bonds. The van der Waals surface area contributed by atoms with E-state index in [-0.39, 0.29) is 11.9 Å². The SMILES string of the molecule is NC1CC(Cc2ccc(Cl)cc2)CN(c2ccc(F)cc2)C1. The van der Waals surface area contributed by atoms with Gasteiger partial charge in [-0.15, -0.1) is 0 Å². The molecule has 0 spiro atoms. The zero-order chi connectivity index (χ0) is 15.5. The Kier molecular flexibility index (Phi) is 4.65. The summed E-state index contributed by atoms with van der Waals surface area (Å²) in [4.78, 5) is 2.26. The molecule has 0 radical (unpaired) electrons. The Bertz CT molecular complexity index is 612. The van der Waals surface area contributed by atoms with Crippen LogP contribution >= 0.6 is 11.6 Å². The first-order valence-electron chi connectivity index (χ1n) is 7.60. The molecule has 1 fully saturated rings. The van der Waals surface area contributed by atoms with Crippen LogP contribution in [0.4, 0.5) is 10.1 Å². The normalized spacial score (nSPS) is 21.9. The topological polar surface area (TPSA) is 29.3 Å². The van der Waals surface area contributed by atoms with Gasteiger partial charge in [0.1, 0.15) is 5.82 Å². The van der Waals surface area contributed by atoms with E-state index < -0.39 is 0 Å². The number of halogens is 2. The zero-order valence-electron chi connectivity index (χ0n) is 12.4. The molecule has 2 aromatic rings. The number of hydrogen-bond acceptors (Lipinski definition) is 2. The summed E-state index contributed by atoms with van der Waals surface area (Å²) in [6, 6.07) is 14.8. The highest BCUT2D eigenvalue weighted by molar-refractivity contribution is 6.30. The maximum atomic E-state index is 13.1. The molecule has 1 saturated heterocycles. The molecule has 1 heterocycles. The van der Waals surface area contributed by atoms with Gasteiger partial charge in [0, 0.05) is 29.8 Å². The number of nitrogens with zero attached hydrogens (tertiary/aromatic N) is 1. The third-order valence-corrected chi connectivity index (χ3v) is 4.45. The zero-order valence-corrected chi connectivity index (χ0v) is 13.1. The molecule has 0 aliphatic carbocycles. The molecule has 2 aromatic carbocycles. The van der Waals surface area contributed by atoms with Gasteiger partial charge in [0.15, 0.2) is 0 Å². The Morgan fingerprint density at radius 1 is 1.05 bits per heavy atom. The van der Waals surface area contributed by atoms with Crippen LogP contribution in [0.5, 0.6) is 0 Å². The molecule has 0 aromatic heterocycles. The molecule has 4 heteroatoms. The quantitative estimate of drug-likeness (QED) is 0.930. The van der Waals surface area contributed by atoms with Gasteiger partial charge in [-0.1, -0.05) is 23.7 Å². The van der Waals surface area contributed by atoms with Gasteiger partial charge in [-0.2, -0.15) is 0 Å². The van der Waals surface area contributed by atoms with E-state index in [2.05, 4.69) is 17.0 Å². The number of nitrogens with two attached hydrogens (primary N) is 1. The lowest BCUT2D eigenvalue weighted by Gasteiger charge is -2.38. The van der Waals surface area contributed by atoms with Gasteiger partial charge in [0.2, 0.25) is 0 Å². The van der Waals surface area contributed by atoms with Gasteiger partial charge in [-0.05, 0) is 60.7 Å². The number of anilines is 1. The van der Waals surface area contributed by atoms with E-state index in [0.717, 1.165) is 36.6 Å². The first-order chi connectivity index (χ1) is 10.6. The highest BCUT2D eigenvalue weighted by Gasteiger charge is 2.25. The molecule has 2 atom stereocenters. The maximum absolute atomic E-state index is 13.1. The van der Waals surface area contributed by atoms with Crippen molar-refractivity contribution in [3.8, 4) is 0 Å². The van der Waals surface area contributed by atoms with E-state index in [4.69, 9.17) is 17.3 Å². The van der Waals surface area contributed by atoms with Crippen LogP contribution in [0.1, 0.15) is 12.0 Å². The molecule has 2 nitrogen and oxygen atoms in total. The van der Waals surface area contributed by atoms with Crippen LogP contribution in [-0.4, -0.2) is 19.1 Å². The summed E-state index contributed by atoms with van der Waals surface area (Å²) >= 11 is 5.93. The van der Waals surface area contributed by atoms with E-state index in [1.807, 2.05) is 24.3 Å². The highest BCUT2D eigenvalue weighted by Crippen LogP contribution is 2.25. The first kappa shape index (κ1) is 15.3. The average molecular weight is 319 g/mol. The molecule has 2 N–H and O–H groups in total.